The Labute approximate surface area is 47.2 Å². The minimum absolute atomic E-state index is 0.573. The van der Waals surface area contributed by atoms with Gasteiger partial charge >= 0.3 is 0 Å². The Hall–Kier alpha value is -0.830. The van der Waals surface area contributed by atoms with Crippen LogP contribution in [-0.4, -0.2) is 12.3 Å². The molecule has 0 bridgehead atoms. The first-order chi connectivity index (χ1) is 3.93. The molecule has 3 nitrogen and oxygen atoms in total. The van der Waals surface area contributed by atoms with E-state index in [1.807, 2.05) is 0 Å². The fourth-order valence-corrected chi connectivity index (χ4v) is 0.465. The van der Waals surface area contributed by atoms with Crippen LogP contribution in [0.1, 0.15) is 5.56 Å². The number of nitrogens with zero attached hydrogens (tertiary/aromatic N) is 1. The number of methoxy groups -OCH3 is 1. The summed E-state index contributed by atoms with van der Waals surface area (Å²) in [5.41, 5.74) is 0.965. The molecule has 0 saturated heterocycles. The highest BCUT2D eigenvalue weighted by atomic mass is 16.5. The molecule has 0 aliphatic heterocycles. The molecule has 44 valence electrons. The third-order valence-corrected chi connectivity index (χ3v) is 0.794. The lowest BCUT2D eigenvalue weighted by Crippen LogP contribution is -1.81. The summed E-state index contributed by atoms with van der Waals surface area (Å²) in [6.07, 6.45) is 3.19. The van der Waals surface area contributed by atoms with Gasteiger partial charge in [0.2, 0.25) is 0 Å². The predicted molar refractivity (Wildman–Crippen MR) is 27.2 cm³/mol. The fraction of sp³-hybridized carbons (Fsp3) is 0.400. The molecule has 1 rings (SSSR count). The Kier molecular flexibility index (Phi) is 1.64. The van der Waals surface area contributed by atoms with Gasteiger partial charge in [0.15, 0.2) is 0 Å². The second kappa shape index (κ2) is 2.47. The van der Waals surface area contributed by atoms with E-state index >= 15 is 0 Å². The maximum absolute atomic E-state index is 4.79. The maximum Gasteiger partial charge on any atom is 0.129 e. The highest BCUT2D eigenvalue weighted by Crippen LogP contribution is 1.95. The Balaban J connectivity index is 2.50. The standard InChI is InChI=1S/C5H7NO2/c1-7-3-5-2-6-8-4-5/h2,4H,3H2,1H3. The van der Waals surface area contributed by atoms with E-state index < -0.39 is 0 Å². The van der Waals surface area contributed by atoms with Crippen LogP contribution in [0.5, 0.6) is 0 Å². The molecule has 1 aromatic rings. The maximum atomic E-state index is 4.79. The van der Waals surface area contributed by atoms with Crippen molar-refractivity contribution in [2.24, 2.45) is 0 Å². The molecule has 3 heteroatoms. The topological polar surface area (TPSA) is 35.3 Å². The molecule has 1 aromatic heterocycles. The van der Waals surface area contributed by atoms with E-state index in [2.05, 4.69) is 9.68 Å². The number of hydrogen-bond donors (Lipinski definition) is 0. The van der Waals surface area contributed by atoms with E-state index in [0.29, 0.717) is 6.61 Å². The van der Waals surface area contributed by atoms with Gasteiger partial charge in [0.05, 0.1) is 12.8 Å². The second-order valence-corrected chi connectivity index (χ2v) is 1.47. The van der Waals surface area contributed by atoms with E-state index in [4.69, 9.17) is 4.74 Å². The van der Waals surface area contributed by atoms with Crippen molar-refractivity contribution in [2.75, 3.05) is 7.11 Å². The molecule has 0 spiro atoms. The molecule has 0 radical (unpaired) electrons. The van der Waals surface area contributed by atoms with E-state index in [-0.39, 0.29) is 0 Å². The summed E-state index contributed by atoms with van der Waals surface area (Å²) in [5, 5.41) is 3.49. The number of ether oxygens (including phenoxy) is 1. The highest BCUT2D eigenvalue weighted by Gasteiger charge is 1.90. The van der Waals surface area contributed by atoms with Gasteiger partial charge < -0.3 is 9.26 Å². The zero-order valence-corrected chi connectivity index (χ0v) is 4.63. The van der Waals surface area contributed by atoms with Gasteiger partial charge in [-0.3, -0.25) is 0 Å². The van der Waals surface area contributed by atoms with Crippen molar-refractivity contribution in [3.05, 3.63) is 18.0 Å². The molecule has 1 heterocycles. The van der Waals surface area contributed by atoms with Crippen LogP contribution < -0.4 is 0 Å². The smallest absolute Gasteiger partial charge is 0.129 e. The van der Waals surface area contributed by atoms with Crippen LogP contribution in [0, 0.1) is 0 Å². The lowest BCUT2D eigenvalue weighted by atomic mass is 10.4. The van der Waals surface area contributed by atoms with Crippen molar-refractivity contribution < 1.29 is 9.26 Å². The molecule has 0 unspecified atom stereocenters. The SMILES string of the molecule is COCc1cnoc1. The first kappa shape index (κ1) is 5.31. The van der Waals surface area contributed by atoms with Crippen LogP contribution in [0.2, 0.25) is 0 Å². The van der Waals surface area contributed by atoms with Gasteiger partial charge in [-0.1, -0.05) is 5.16 Å². The van der Waals surface area contributed by atoms with Crippen molar-refractivity contribution in [3.63, 3.8) is 0 Å². The summed E-state index contributed by atoms with van der Waals surface area (Å²) in [6, 6.07) is 0. The van der Waals surface area contributed by atoms with Crippen molar-refractivity contribution in [1.82, 2.24) is 5.16 Å². The zero-order chi connectivity index (χ0) is 5.82. The summed E-state index contributed by atoms with van der Waals surface area (Å²) >= 11 is 0. The monoisotopic (exact) mass is 113 g/mol. The summed E-state index contributed by atoms with van der Waals surface area (Å²) in [7, 11) is 1.63. The van der Waals surface area contributed by atoms with Crippen molar-refractivity contribution in [2.45, 2.75) is 6.61 Å². The highest BCUT2D eigenvalue weighted by molar-refractivity contribution is 4.97. The zero-order valence-electron chi connectivity index (χ0n) is 4.63. The number of aromatic nitrogens is 1. The van der Waals surface area contributed by atoms with E-state index in [1.54, 1.807) is 19.6 Å². The van der Waals surface area contributed by atoms with Crippen LogP contribution in [0.4, 0.5) is 0 Å². The van der Waals surface area contributed by atoms with Gasteiger partial charge in [0.1, 0.15) is 6.26 Å². The van der Waals surface area contributed by atoms with Gasteiger partial charge in [0, 0.05) is 12.7 Å². The first-order valence-electron chi connectivity index (χ1n) is 2.30. The van der Waals surface area contributed by atoms with Gasteiger partial charge in [-0.25, -0.2) is 0 Å². The van der Waals surface area contributed by atoms with Crippen LogP contribution >= 0.6 is 0 Å². The molecule has 0 aliphatic carbocycles. The second-order valence-electron chi connectivity index (χ2n) is 1.47. The van der Waals surface area contributed by atoms with Gasteiger partial charge in [-0.2, -0.15) is 0 Å². The molecule has 0 saturated carbocycles. The van der Waals surface area contributed by atoms with Gasteiger partial charge in [-0.05, 0) is 0 Å². The molecule has 0 atom stereocenters. The lowest BCUT2D eigenvalue weighted by molar-refractivity contribution is 0.184. The fourth-order valence-electron chi connectivity index (χ4n) is 0.465. The van der Waals surface area contributed by atoms with E-state index in [9.17, 15) is 0 Å². The Morgan fingerprint density at radius 3 is 3.25 bits per heavy atom. The Morgan fingerprint density at radius 1 is 1.88 bits per heavy atom. The molecule has 0 aromatic carbocycles. The summed E-state index contributed by atoms with van der Waals surface area (Å²) < 4.78 is 9.32. The summed E-state index contributed by atoms with van der Waals surface area (Å²) in [4.78, 5) is 0. The third kappa shape index (κ3) is 1.07. The van der Waals surface area contributed by atoms with Gasteiger partial charge in [-0.15, -0.1) is 0 Å². The average molecular weight is 113 g/mol. The van der Waals surface area contributed by atoms with Crippen molar-refractivity contribution >= 4 is 0 Å². The largest absolute Gasteiger partial charge is 0.380 e. The van der Waals surface area contributed by atoms with E-state index in [0.717, 1.165) is 5.56 Å². The van der Waals surface area contributed by atoms with Crippen LogP contribution in [-0.2, 0) is 11.3 Å². The van der Waals surface area contributed by atoms with Crippen LogP contribution in [0.3, 0.4) is 0 Å². The molecule has 0 amide bonds. The Bertz CT molecular complexity index is 136. The molecular weight excluding hydrogens is 106 g/mol. The number of hydrogen-bond acceptors (Lipinski definition) is 3. The summed E-state index contributed by atoms with van der Waals surface area (Å²) in [5.74, 6) is 0. The van der Waals surface area contributed by atoms with E-state index in [1.165, 1.54) is 0 Å². The molecule has 8 heavy (non-hydrogen) atoms. The Morgan fingerprint density at radius 2 is 2.75 bits per heavy atom. The number of rotatable bonds is 2. The molecule has 0 N–H and O–H groups in total. The normalized spacial score (nSPS) is 9.62. The molecule has 0 aliphatic rings. The minimum Gasteiger partial charge on any atom is -0.380 e. The van der Waals surface area contributed by atoms with Gasteiger partial charge in [0.25, 0.3) is 0 Å². The minimum atomic E-state index is 0.573. The summed E-state index contributed by atoms with van der Waals surface area (Å²) in [6.45, 7) is 0.573. The first-order valence-corrected chi connectivity index (χ1v) is 2.30. The predicted octanol–water partition coefficient (Wildman–Crippen LogP) is 0.821. The third-order valence-electron chi connectivity index (χ3n) is 0.794. The van der Waals surface area contributed by atoms with Crippen LogP contribution in [0.25, 0.3) is 0 Å². The quantitative estimate of drug-likeness (QED) is 0.569. The van der Waals surface area contributed by atoms with Crippen molar-refractivity contribution in [1.29, 1.82) is 0 Å². The average Bonchev–Trinajstić information content (AvgIpc) is 2.19. The van der Waals surface area contributed by atoms with Crippen LogP contribution in [0.15, 0.2) is 17.0 Å². The molecular formula is C5H7NO2. The van der Waals surface area contributed by atoms with Crippen molar-refractivity contribution in [3.8, 4) is 0 Å². The lowest BCUT2D eigenvalue weighted by Gasteiger charge is -1.86. The molecule has 0 fully saturated rings.